The third-order valence-electron chi connectivity index (χ3n) is 3.23. The molecule has 1 aromatic carbocycles. The van der Waals surface area contributed by atoms with Gasteiger partial charge in [0.2, 0.25) is 10.0 Å². The summed E-state index contributed by atoms with van der Waals surface area (Å²) in [6.07, 6.45) is 4.72. The van der Waals surface area contributed by atoms with Crippen molar-refractivity contribution in [3.8, 4) is 0 Å². The highest BCUT2D eigenvalue weighted by atomic mass is 79.9. The van der Waals surface area contributed by atoms with Crippen LogP contribution in [0, 0.1) is 5.82 Å². The lowest BCUT2D eigenvalue weighted by Gasteiger charge is -2.12. The van der Waals surface area contributed by atoms with Crippen LogP contribution in [-0.4, -0.2) is 27.7 Å². The molecular formula is C13H17BrFNO3S. The van der Waals surface area contributed by atoms with Gasteiger partial charge in [-0.1, -0.05) is 12.8 Å². The van der Waals surface area contributed by atoms with Crippen molar-refractivity contribution in [2.45, 2.75) is 36.7 Å². The summed E-state index contributed by atoms with van der Waals surface area (Å²) in [5.41, 5.74) is 0. The summed E-state index contributed by atoms with van der Waals surface area (Å²) in [5, 5.41) is 0. The number of benzene rings is 1. The van der Waals surface area contributed by atoms with Crippen molar-refractivity contribution in [3.05, 3.63) is 28.5 Å². The van der Waals surface area contributed by atoms with Crippen LogP contribution in [0.25, 0.3) is 0 Å². The Balaban J connectivity index is 1.87. The van der Waals surface area contributed by atoms with Crippen molar-refractivity contribution in [3.63, 3.8) is 0 Å². The van der Waals surface area contributed by atoms with Crippen molar-refractivity contribution in [2.75, 3.05) is 13.2 Å². The topological polar surface area (TPSA) is 55.4 Å². The summed E-state index contributed by atoms with van der Waals surface area (Å²) in [7, 11) is -3.65. The molecule has 1 N–H and O–H groups in total. The van der Waals surface area contributed by atoms with Crippen molar-refractivity contribution in [1.29, 1.82) is 0 Å². The maximum absolute atomic E-state index is 12.9. The summed E-state index contributed by atoms with van der Waals surface area (Å²) >= 11 is 3.06. The molecule has 0 aromatic heterocycles. The molecule has 20 heavy (non-hydrogen) atoms. The molecule has 0 atom stereocenters. The van der Waals surface area contributed by atoms with Crippen LogP contribution in [0.3, 0.4) is 0 Å². The third-order valence-corrected chi connectivity index (χ3v) is 5.67. The fourth-order valence-electron chi connectivity index (χ4n) is 2.23. The minimum absolute atomic E-state index is 0.0276. The number of sulfonamides is 1. The Morgan fingerprint density at radius 1 is 1.35 bits per heavy atom. The lowest BCUT2D eigenvalue weighted by Crippen LogP contribution is -2.28. The molecule has 0 heterocycles. The van der Waals surface area contributed by atoms with Gasteiger partial charge in [0.1, 0.15) is 5.82 Å². The first kappa shape index (κ1) is 15.9. The van der Waals surface area contributed by atoms with E-state index in [0.29, 0.717) is 6.61 Å². The first-order chi connectivity index (χ1) is 9.49. The second kappa shape index (κ2) is 6.98. The van der Waals surface area contributed by atoms with Gasteiger partial charge < -0.3 is 4.74 Å². The van der Waals surface area contributed by atoms with Gasteiger partial charge in [-0.05, 0) is 47.0 Å². The van der Waals surface area contributed by atoms with E-state index in [1.54, 1.807) is 0 Å². The Labute approximate surface area is 126 Å². The zero-order valence-corrected chi connectivity index (χ0v) is 13.3. The minimum Gasteiger partial charge on any atom is -0.377 e. The van der Waals surface area contributed by atoms with E-state index in [0.717, 1.165) is 25.0 Å². The number of hydrogen-bond acceptors (Lipinski definition) is 3. The van der Waals surface area contributed by atoms with E-state index in [4.69, 9.17) is 4.74 Å². The van der Waals surface area contributed by atoms with Crippen molar-refractivity contribution in [1.82, 2.24) is 4.72 Å². The van der Waals surface area contributed by atoms with Gasteiger partial charge in [0.05, 0.1) is 17.6 Å². The standard InChI is InChI=1S/C13H17BrFNO3S/c14-12-9-10(15)5-6-13(12)20(17,18)16-7-8-19-11-3-1-2-4-11/h5-6,9,11,16H,1-4,7-8H2. The first-order valence-electron chi connectivity index (χ1n) is 6.55. The van der Waals surface area contributed by atoms with Crippen molar-refractivity contribution in [2.24, 2.45) is 0 Å². The lowest BCUT2D eigenvalue weighted by molar-refractivity contribution is 0.0626. The van der Waals surface area contributed by atoms with E-state index in [9.17, 15) is 12.8 Å². The van der Waals surface area contributed by atoms with Crippen LogP contribution < -0.4 is 4.72 Å². The van der Waals surface area contributed by atoms with Gasteiger partial charge in [-0.3, -0.25) is 0 Å². The number of rotatable bonds is 6. The Hall–Kier alpha value is -0.500. The fraction of sp³-hybridized carbons (Fsp3) is 0.538. The smallest absolute Gasteiger partial charge is 0.241 e. The molecule has 1 aliphatic rings. The van der Waals surface area contributed by atoms with Gasteiger partial charge in [-0.15, -0.1) is 0 Å². The Kier molecular flexibility index (Phi) is 5.54. The van der Waals surface area contributed by atoms with Gasteiger partial charge in [-0.25, -0.2) is 17.5 Å². The van der Waals surface area contributed by atoms with Gasteiger partial charge in [0.25, 0.3) is 0 Å². The Bertz CT molecular complexity index is 559. The molecule has 0 unspecified atom stereocenters. The predicted octanol–water partition coefficient (Wildman–Crippen LogP) is 2.83. The van der Waals surface area contributed by atoms with E-state index in [-0.39, 0.29) is 22.0 Å². The van der Waals surface area contributed by atoms with Crippen LogP contribution in [0.4, 0.5) is 4.39 Å². The number of ether oxygens (including phenoxy) is 1. The molecular weight excluding hydrogens is 349 g/mol. The molecule has 1 fully saturated rings. The van der Waals surface area contributed by atoms with Crippen LogP contribution in [0.2, 0.25) is 0 Å². The summed E-state index contributed by atoms with van der Waals surface area (Å²) in [6.45, 7) is 0.561. The zero-order chi connectivity index (χ0) is 14.6. The second-order valence-electron chi connectivity index (χ2n) is 4.75. The lowest BCUT2D eigenvalue weighted by atomic mass is 10.3. The minimum atomic E-state index is -3.65. The van der Waals surface area contributed by atoms with Crippen LogP contribution in [-0.2, 0) is 14.8 Å². The highest BCUT2D eigenvalue weighted by molar-refractivity contribution is 9.10. The maximum Gasteiger partial charge on any atom is 0.241 e. The molecule has 7 heteroatoms. The van der Waals surface area contributed by atoms with E-state index >= 15 is 0 Å². The van der Waals surface area contributed by atoms with E-state index in [1.165, 1.54) is 18.9 Å². The normalized spacial score (nSPS) is 16.7. The fourth-order valence-corrected chi connectivity index (χ4v) is 4.29. The maximum atomic E-state index is 12.9. The van der Waals surface area contributed by atoms with Gasteiger partial charge in [0.15, 0.2) is 0 Å². The quantitative estimate of drug-likeness (QED) is 0.788. The van der Waals surface area contributed by atoms with Gasteiger partial charge >= 0.3 is 0 Å². The number of nitrogens with one attached hydrogen (secondary N) is 1. The van der Waals surface area contributed by atoms with Crippen LogP contribution in [0.5, 0.6) is 0 Å². The van der Waals surface area contributed by atoms with E-state index in [2.05, 4.69) is 20.7 Å². The average Bonchev–Trinajstić information content (AvgIpc) is 2.87. The molecule has 2 rings (SSSR count). The molecule has 0 spiro atoms. The van der Waals surface area contributed by atoms with Crippen molar-refractivity contribution < 1.29 is 17.5 Å². The highest BCUT2D eigenvalue weighted by Crippen LogP contribution is 2.23. The highest BCUT2D eigenvalue weighted by Gasteiger charge is 2.18. The summed E-state index contributed by atoms with van der Waals surface area (Å²) in [4.78, 5) is 0.0276. The van der Waals surface area contributed by atoms with Crippen LogP contribution in [0.1, 0.15) is 25.7 Å². The molecule has 0 radical (unpaired) electrons. The molecule has 0 amide bonds. The molecule has 0 aliphatic heterocycles. The van der Waals surface area contributed by atoms with E-state index < -0.39 is 15.8 Å². The van der Waals surface area contributed by atoms with E-state index in [1.807, 2.05) is 0 Å². The Morgan fingerprint density at radius 2 is 2.05 bits per heavy atom. The number of halogens is 2. The molecule has 4 nitrogen and oxygen atoms in total. The SMILES string of the molecule is O=S(=O)(NCCOC1CCCC1)c1ccc(F)cc1Br. The van der Waals surface area contributed by atoms with Gasteiger partial charge in [-0.2, -0.15) is 0 Å². The van der Waals surface area contributed by atoms with Crippen molar-refractivity contribution >= 4 is 26.0 Å². The average molecular weight is 366 g/mol. The van der Waals surface area contributed by atoms with Crippen LogP contribution in [0.15, 0.2) is 27.6 Å². The van der Waals surface area contributed by atoms with Crippen LogP contribution >= 0.6 is 15.9 Å². The molecule has 0 bridgehead atoms. The Morgan fingerprint density at radius 3 is 2.70 bits per heavy atom. The monoisotopic (exact) mass is 365 g/mol. The first-order valence-corrected chi connectivity index (χ1v) is 8.83. The number of hydrogen-bond donors (Lipinski definition) is 1. The zero-order valence-electron chi connectivity index (χ0n) is 10.9. The molecule has 1 aliphatic carbocycles. The third kappa shape index (κ3) is 4.25. The summed E-state index contributed by atoms with van der Waals surface area (Å²) in [6, 6.07) is 3.48. The summed E-state index contributed by atoms with van der Waals surface area (Å²) < 4.78 is 45.3. The molecule has 0 saturated heterocycles. The summed E-state index contributed by atoms with van der Waals surface area (Å²) in [5.74, 6) is -0.486. The molecule has 1 aromatic rings. The largest absolute Gasteiger partial charge is 0.377 e. The molecule has 1 saturated carbocycles. The molecule has 112 valence electrons. The second-order valence-corrected chi connectivity index (χ2v) is 7.34. The predicted molar refractivity (Wildman–Crippen MR) is 77.5 cm³/mol. The van der Waals surface area contributed by atoms with Gasteiger partial charge in [0, 0.05) is 11.0 Å².